The number of hydrogen-bond donors (Lipinski definition) is 2. The van der Waals surface area contributed by atoms with Crippen molar-refractivity contribution in [2.75, 3.05) is 40.0 Å². The molecule has 8 heteroatoms. The first kappa shape index (κ1) is 27.4. The Balaban J connectivity index is 1.70. The zero-order valence-electron chi connectivity index (χ0n) is 21.3. The number of hydrogen-bond acceptors (Lipinski definition) is 7. The lowest BCUT2D eigenvalue weighted by Gasteiger charge is -2.39. The first-order valence-electron chi connectivity index (χ1n) is 13.3. The number of piperidine rings is 1. The van der Waals surface area contributed by atoms with Crippen molar-refractivity contribution in [2.45, 2.75) is 69.9 Å². The Morgan fingerprint density at radius 1 is 1.20 bits per heavy atom. The average Bonchev–Trinajstić information content (AvgIpc) is 2.89. The summed E-state index contributed by atoms with van der Waals surface area (Å²) in [4.78, 5) is 13.3. The third-order valence-electron chi connectivity index (χ3n) is 7.35. The predicted octanol–water partition coefficient (Wildman–Crippen LogP) is 4.46. The number of nitrogens with zero attached hydrogens (tertiary/aromatic N) is 2. The van der Waals surface area contributed by atoms with Crippen molar-refractivity contribution in [2.24, 2.45) is 17.6 Å². The van der Waals surface area contributed by atoms with E-state index in [0.29, 0.717) is 38.0 Å². The first-order valence-corrected chi connectivity index (χ1v) is 13.3. The maximum absolute atomic E-state index is 11.5. The summed E-state index contributed by atoms with van der Waals surface area (Å²) in [5, 5.41) is 15.0. The Bertz CT molecular complexity index is 770. The number of benzene rings is 1. The number of ether oxygens (including phenoxy) is 2. The lowest BCUT2D eigenvalue weighted by molar-refractivity contribution is -0.404. The van der Waals surface area contributed by atoms with E-state index in [2.05, 4.69) is 22.3 Å². The molecule has 1 aromatic carbocycles. The van der Waals surface area contributed by atoms with Crippen LogP contribution in [-0.2, 0) is 9.47 Å². The summed E-state index contributed by atoms with van der Waals surface area (Å²) in [6.07, 6.45) is 11.2. The number of methoxy groups -OCH3 is 1. The van der Waals surface area contributed by atoms with Gasteiger partial charge in [-0.1, -0.05) is 62.4 Å². The molecular formula is C27H44N4O4. The molecule has 2 aliphatic rings. The summed E-state index contributed by atoms with van der Waals surface area (Å²) in [6, 6.07) is 10.4. The molecule has 8 nitrogen and oxygen atoms in total. The third kappa shape index (κ3) is 9.09. The lowest BCUT2D eigenvalue weighted by Crippen LogP contribution is -2.46. The molecule has 1 heterocycles. The molecule has 0 aromatic heterocycles. The van der Waals surface area contributed by atoms with E-state index < -0.39 is 0 Å². The fourth-order valence-corrected chi connectivity index (χ4v) is 5.60. The van der Waals surface area contributed by atoms with Gasteiger partial charge in [0.05, 0.1) is 11.0 Å². The second-order valence-corrected chi connectivity index (χ2v) is 10.0. The zero-order chi connectivity index (χ0) is 24.9. The molecule has 196 valence electrons. The van der Waals surface area contributed by atoms with Gasteiger partial charge in [0, 0.05) is 51.9 Å². The van der Waals surface area contributed by atoms with E-state index in [-0.39, 0.29) is 23.0 Å². The topological polar surface area (TPSA) is 103 Å². The van der Waals surface area contributed by atoms with Gasteiger partial charge < -0.3 is 25.4 Å². The summed E-state index contributed by atoms with van der Waals surface area (Å²) < 4.78 is 11.6. The minimum absolute atomic E-state index is 0.0416. The van der Waals surface area contributed by atoms with Gasteiger partial charge in [0.25, 0.3) is 6.20 Å². The Morgan fingerprint density at radius 3 is 2.66 bits per heavy atom. The van der Waals surface area contributed by atoms with Crippen LogP contribution in [0.25, 0.3) is 0 Å². The van der Waals surface area contributed by atoms with Gasteiger partial charge in [0.15, 0.2) is 5.82 Å². The maximum Gasteiger partial charge on any atom is 0.274 e. The van der Waals surface area contributed by atoms with Gasteiger partial charge in [0.1, 0.15) is 0 Å². The highest BCUT2D eigenvalue weighted by Crippen LogP contribution is 2.34. The van der Waals surface area contributed by atoms with Gasteiger partial charge in [-0.25, -0.2) is 0 Å². The van der Waals surface area contributed by atoms with Crippen molar-refractivity contribution in [3.63, 3.8) is 0 Å². The van der Waals surface area contributed by atoms with Crippen molar-refractivity contribution >= 4 is 0 Å². The van der Waals surface area contributed by atoms with Gasteiger partial charge in [0.2, 0.25) is 0 Å². The van der Waals surface area contributed by atoms with E-state index in [0.717, 1.165) is 44.0 Å². The summed E-state index contributed by atoms with van der Waals surface area (Å²) in [6.45, 7) is 3.25. The van der Waals surface area contributed by atoms with Gasteiger partial charge in [-0.05, 0) is 37.2 Å². The van der Waals surface area contributed by atoms with E-state index in [4.69, 9.17) is 15.2 Å². The highest BCUT2D eigenvalue weighted by molar-refractivity contribution is 5.19. The van der Waals surface area contributed by atoms with Crippen LogP contribution in [0.2, 0.25) is 0 Å². The van der Waals surface area contributed by atoms with Crippen LogP contribution in [-0.4, -0.2) is 55.8 Å². The molecule has 1 aliphatic carbocycles. The molecule has 35 heavy (non-hydrogen) atoms. The van der Waals surface area contributed by atoms with Crippen molar-refractivity contribution in [1.82, 2.24) is 10.2 Å². The van der Waals surface area contributed by atoms with Gasteiger partial charge >= 0.3 is 0 Å². The molecule has 3 N–H and O–H groups in total. The van der Waals surface area contributed by atoms with Crippen LogP contribution in [0.4, 0.5) is 0 Å². The summed E-state index contributed by atoms with van der Waals surface area (Å²) in [5.74, 6) is 1.47. The number of rotatable bonds is 14. The Hall–Kier alpha value is -2.16. The Kier molecular flexibility index (Phi) is 11.8. The third-order valence-corrected chi connectivity index (χ3v) is 7.35. The molecule has 0 bridgehead atoms. The number of nitro groups is 1. The number of likely N-dealkylation sites (tertiary alicyclic amines) is 1. The van der Waals surface area contributed by atoms with Crippen LogP contribution in [0.5, 0.6) is 0 Å². The summed E-state index contributed by atoms with van der Waals surface area (Å²) >= 11 is 0. The highest BCUT2D eigenvalue weighted by atomic mass is 16.6. The SMILES string of the molecule is COCCCO[C@@H](c1ccccc1)C1CCCN(C(=C[N+](=O)[O-])N[C@H](CN)CC2CCCCC2)C1. The predicted molar refractivity (Wildman–Crippen MR) is 138 cm³/mol. The molecule has 1 unspecified atom stereocenters. The smallest absolute Gasteiger partial charge is 0.274 e. The molecule has 0 radical (unpaired) electrons. The molecule has 3 atom stereocenters. The van der Waals surface area contributed by atoms with Crippen molar-refractivity contribution < 1.29 is 14.4 Å². The van der Waals surface area contributed by atoms with Crippen LogP contribution < -0.4 is 11.1 Å². The molecule has 0 spiro atoms. The fourth-order valence-electron chi connectivity index (χ4n) is 5.60. The van der Waals surface area contributed by atoms with E-state index in [9.17, 15) is 10.1 Å². The van der Waals surface area contributed by atoms with Gasteiger partial charge in [-0.3, -0.25) is 10.1 Å². The molecule has 3 rings (SSSR count). The Morgan fingerprint density at radius 2 is 1.97 bits per heavy atom. The fraction of sp³-hybridized carbons (Fsp3) is 0.704. The quantitative estimate of drug-likeness (QED) is 0.226. The van der Waals surface area contributed by atoms with Crippen LogP contribution in [0.15, 0.2) is 42.4 Å². The van der Waals surface area contributed by atoms with Gasteiger partial charge in [-0.2, -0.15) is 0 Å². The summed E-state index contributed by atoms with van der Waals surface area (Å²) in [5.41, 5.74) is 7.28. The maximum atomic E-state index is 11.5. The van der Waals surface area contributed by atoms with Crippen LogP contribution in [0.1, 0.15) is 69.5 Å². The Labute approximate surface area is 210 Å². The molecule has 2 fully saturated rings. The van der Waals surface area contributed by atoms with Crippen molar-refractivity contribution in [3.05, 3.63) is 58.0 Å². The first-order chi connectivity index (χ1) is 17.1. The minimum Gasteiger partial charge on any atom is -0.385 e. The monoisotopic (exact) mass is 488 g/mol. The number of nitrogens with two attached hydrogens (primary N) is 1. The highest BCUT2D eigenvalue weighted by Gasteiger charge is 2.31. The summed E-state index contributed by atoms with van der Waals surface area (Å²) in [7, 11) is 1.70. The molecule has 1 saturated carbocycles. The zero-order valence-corrected chi connectivity index (χ0v) is 21.3. The number of nitrogens with one attached hydrogen (secondary N) is 1. The van der Waals surface area contributed by atoms with Crippen molar-refractivity contribution in [1.29, 1.82) is 0 Å². The van der Waals surface area contributed by atoms with Crippen LogP contribution in [0.3, 0.4) is 0 Å². The van der Waals surface area contributed by atoms with E-state index in [1.54, 1.807) is 7.11 Å². The second kappa shape index (κ2) is 15.1. The van der Waals surface area contributed by atoms with E-state index in [1.807, 2.05) is 18.2 Å². The average molecular weight is 489 g/mol. The lowest BCUT2D eigenvalue weighted by atomic mass is 9.85. The molecular weight excluding hydrogens is 444 g/mol. The molecule has 1 saturated heterocycles. The van der Waals surface area contributed by atoms with E-state index in [1.165, 1.54) is 32.1 Å². The van der Waals surface area contributed by atoms with Crippen LogP contribution in [0, 0.1) is 22.0 Å². The molecule has 1 aromatic rings. The molecule has 0 amide bonds. The standard InChI is InChI=1S/C27H44N4O4/c1-34-16-9-17-35-27(23-12-6-3-7-13-23)24-14-8-15-30(20-24)26(21-31(32)33)29-25(19-28)18-22-10-4-2-5-11-22/h3,6-7,12-13,21-22,24-25,27,29H,2,4-5,8-11,14-20,28H2,1H3/t24?,25-,27-/m0/s1. The van der Waals surface area contributed by atoms with Crippen molar-refractivity contribution in [3.8, 4) is 0 Å². The van der Waals surface area contributed by atoms with Crippen LogP contribution >= 0.6 is 0 Å². The van der Waals surface area contributed by atoms with Gasteiger partial charge in [-0.15, -0.1) is 0 Å². The van der Waals surface area contributed by atoms with E-state index >= 15 is 0 Å². The normalized spacial score (nSPS) is 21.5. The molecule has 1 aliphatic heterocycles. The second-order valence-electron chi connectivity index (χ2n) is 10.0. The largest absolute Gasteiger partial charge is 0.385 e. The minimum atomic E-state index is -0.351.